The molecule has 0 N–H and O–H groups in total. The molecule has 0 aromatic heterocycles. The maximum Gasteiger partial charge on any atom is 0.201 e. The number of rotatable bonds is 10. The SMILES string of the molecule is CC(C)[Si](O[C@H]1C=COC[C@H]1O[Si](C(C)C)(C(C)C)C(C)C)(C(C)C)C(C)C. The van der Waals surface area contributed by atoms with E-state index in [2.05, 4.69) is 89.2 Å². The molecule has 0 unspecified atom stereocenters. The lowest BCUT2D eigenvalue weighted by atomic mass is 10.2. The van der Waals surface area contributed by atoms with Crippen LogP contribution in [0, 0.1) is 0 Å². The maximum absolute atomic E-state index is 7.13. The van der Waals surface area contributed by atoms with E-state index in [4.69, 9.17) is 13.6 Å². The molecular weight excluding hydrogens is 380 g/mol. The zero-order valence-corrected chi connectivity index (χ0v) is 22.7. The largest absolute Gasteiger partial charge is 0.499 e. The van der Waals surface area contributed by atoms with Crippen molar-refractivity contribution >= 4 is 16.6 Å². The fourth-order valence-corrected chi connectivity index (χ4v) is 17.1. The van der Waals surface area contributed by atoms with Gasteiger partial charge in [-0.25, -0.2) is 0 Å². The van der Waals surface area contributed by atoms with Gasteiger partial charge in [-0.15, -0.1) is 0 Å². The minimum absolute atomic E-state index is 0.00394. The van der Waals surface area contributed by atoms with E-state index in [9.17, 15) is 0 Å². The Morgan fingerprint density at radius 1 is 0.643 bits per heavy atom. The topological polar surface area (TPSA) is 27.7 Å². The zero-order chi connectivity index (χ0) is 21.9. The summed E-state index contributed by atoms with van der Waals surface area (Å²) in [5.74, 6) is 0. The maximum atomic E-state index is 7.13. The molecule has 1 aliphatic rings. The fourth-order valence-electron chi connectivity index (χ4n) is 6.03. The standard InChI is InChI=1S/C23H48O3Si2/c1-16(2)27(17(3)4,18(5)6)25-22-13-14-24-15-23(22)26-28(19(7)8,20(9)10)21(11)12/h13-14,16-23H,15H2,1-12H3/t22-,23+/m0/s1. The molecule has 0 fully saturated rings. The van der Waals surface area contributed by atoms with Gasteiger partial charge in [0.05, 0.1) is 12.4 Å². The van der Waals surface area contributed by atoms with Crippen LogP contribution in [0.1, 0.15) is 83.1 Å². The highest BCUT2D eigenvalue weighted by Gasteiger charge is 2.51. The quantitative estimate of drug-likeness (QED) is 0.334. The Labute approximate surface area is 177 Å². The van der Waals surface area contributed by atoms with Crippen molar-refractivity contribution in [1.29, 1.82) is 0 Å². The van der Waals surface area contributed by atoms with Crippen LogP contribution in [0.15, 0.2) is 12.3 Å². The molecule has 0 aliphatic carbocycles. The van der Waals surface area contributed by atoms with Gasteiger partial charge in [-0.3, -0.25) is 0 Å². The van der Waals surface area contributed by atoms with Gasteiger partial charge in [-0.2, -0.15) is 0 Å². The average molecular weight is 429 g/mol. The summed E-state index contributed by atoms with van der Waals surface area (Å²) in [5, 5.41) is 0. The van der Waals surface area contributed by atoms with Gasteiger partial charge in [0.25, 0.3) is 0 Å². The first-order valence-electron chi connectivity index (χ1n) is 11.5. The van der Waals surface area contributed by atoms with Gasteiger partial charge >= 0.3 is 0 Å². The van der Waals surface area contributed by atoms with Crippen molar-refractivity contribution in [2.45, 2.75) is 129 Å². The number of hydrogen-bond donors (Lipinski definition) is 0. The van der Waals surface area contributed by atoms with Crippen LogP contribution >= 0.6 is 0 Å². The molecule has 166 valence electrons. The fraction of sp³-hybridized carbons (Fsp3) is 0.913. The molecular formula is C23H48O3Si2. The van der Waals surface area contributed by atoms with E-state index >= 15 is 0 Å². The van der Waals surface area contributed by atoms with E-state index in [1.54, 1.807) is 0 Å². The van der Waals surface area contributed by atoms with Crippen LogP contribution < -0.4 is 0 Å². The average Bonchev–Trinajstić information content (AvgIpc) is 2.56. The van der Waals surface area contributed by atoms with Crippen LogP contribution in [0.2, 0.25) is 33.2 Å². The van der Waals surface area contributed by atoms with Crippen LogP contribution in [-0.4, -0.2) is 35.4 Å². The second-order valence-electron chi connectivity index (χ2n) is 10.5. The van der Waals surface area contributed by atoms with Gasteiger partial charge < -0.3 is 13.6 Å². The van der Waals surface area contributed by atoms with Crippen molar-refractivity contribution in [3.8, 4) is 0 Å². The molecule has 1 aliphatic heterocycles. The Bertz CT molecular complexity index is 455. The molecule has 2 atom stereocenters. The molecule has 0 saturated heterocycles. The molecule has 0 bridgehead atoms. The summed E-state index contributed by atoms with van der Waals surface area (Å²) in [6, 6.07) is 0. The minimum Gasteiger partial charge on any atom is -0.499 e. The summed E-state index contributed by atoms with van der Waals surface area (Å²) < 4.78 is 20.0. The second-order valence-corrected chi connectivity index (χ2v) is 21.3. The normalized spacial score (nSPS) is 21.6. The number of ether oxygens (including phenoxy) is 1. The van der Waals surface area contributed by atoms with Gasteiger partial charge in [0.15, 0.2) is 0 Å². The minimum atomic E-state index is -1.99. The molecule has 0 aromatic carbocycles. The summed E-state index contributed by atoms with van der Waals surface area (Å²) in [5.41, 5.74) is 3.36. The van der Waals surface area contributed by atoms with Crippen molar-refractivity contribution in [2.75, 3.05) is 6.61 Å². The van der Waals surface area contributed by atoms with Crippen molar-refractivity contribution < 1.29 is 13.6 Å². The molecule has 0 saturated carbocycles. The van der Waals surface area contributed by atoms with Crippen LogP contribution in [0.25, 0.3) is 0 Å². The third-order valence-corrected chi connectivity index (χ3v) is 19.3. The zero-order valence-electron chi connectivity index (χ0n) is 20.7. The molecule has 28 heavy (non-hydrogen) atoms. The molecule has 0 radical (unpaired) electrons. The molecule has 0 amide bonds. The van der Waals surface area contributed by atoms with E-state index in [0.717, 1.165) is 0 Å². The molecule has 0 spiro atoms. The Morgan fingerprint density at radius 3 is 1.36 bits per heavy atom. The second kappa shape index (κ2) is 10.3. The van der Waals surface area contributed by atoms with Gasteiger partial charge in [0.2, 0.25) is 16.6 Å². The first-order valence-corrected chi connectivity index (χ1v) is 15.8. The van der Waals surface area contributed by atoms with Gasteiger partial charge in [-0.05, 0) is 39.3 Å². The van der Waals surface area contributed by atoms with Crippen LogP contribution in [0.5, 0.6) is 0 Å². The summed E-state index contributed by atoms with van der Waals surface area (Å²) >= 11 is 0. The highest BCUT2D eigenvalue weighted by Crippen LogP contribution is 2.46. The third-order valence-electron chi connectivity index (χ3n) is 7.10. The van der Waals surface area contributed by atoms with Crippen LogP contribution in [0.4, 0.5) is 0 Å². The summed E-state index contributed by atoms with van der Waals surface area (Å²) in [6.45, 7) is 28.8. The third kappa shape index (κ3) is 4.96. The van der Waals surface area contributed by atoms with E-state index in [1.165, 1.54) is 0 Å². The first kappa shape index (κ1) is 25.9. The number of hydrogen-bond acceptors (Lipinski definition) is 3. The smallest absolute Gasteiger partial charge is 0.201 e. The van der Waals surface area contributed by atoms with Crippen LogP contribution in [0.3, 0.4) is 0 Å². The molecule has 3 nitrogen and oxygen atoms in total. The summed E-state index contributed by atoms with van der Waals surface area (Å²) in [7, 11) is -3.98. The van der Waals surface area contributed by atoms with Gasteiger partial charge in [0.1, 0.15) is 12.7 Å². The molecule has 5 heteroatoms. The Kier molecular flexibility index (Phi) is 9.51. The van der Waals surface area contributed by atoms with E-state index < -0.39 is 16.6 Å². The Balaban J connectivity index is 3.28. The Morgan fingerprint density at radius 2 is 1.00 bits per heavy atom. The predicted molar refractivity (Wildman–Crippen MR) is 127 cm³/mol. The van der Waals surface area contributed by atoms with Crippen molar-refractivity contribution in [3.05, 3.63) is 12.3 Å². The highest BCUT2D eigenvalue weighted by atomic mass is 28.4. The Hall–Kier alpha value is -0.106. The van der Waals surface area contributed by atoms with Gasteiger partial charge in [0, 0.05) is 0 Å². The predicted octanol–water partition coefficient (Wildman–Crippen LogP) is 7.65. The lowest BCUT2D eigenvalue weighted by molar-refractivity contribution is -0.00148. The van der Waals surface area contributed by atoms with E-state index in [-0.39, 0.29) is 12.2 Å². The lowest BCUT2D eigenvalue weighted by Gasteiger charge is -2.49. The highest BCUT2D eigenvalue weighted by molar-refractivity contribution is 6.78. The monoisotopic (exact) mass is 428 g/mol. The van der Waals surface area contributed by atoms with Crippen molar-refractivity contribution in [3.63, 3.8) is 0 Å². The molecule has 1 heterocycles. The van der Waals surface area contributed by atoms with Gasteiger partial charge in [-0.1, -0.05) is 83.1 Å². The molecule has 0 aromatic rings. The lowest BCUT2D eigenvalue weighted by Crippen LogP contribution is -2.57. The summed E-state index contributed by atoms with van der Waals surface area (Å²) in [6.07, 6.45) is 3.93. The van der Waals surface area contributed by atoms with Crippen molar-refractivity contribution in [1.82, 2.24) is 0 Å². The van der Waals surface area contributed by atoms with Crippen LogP contribution in [-0.2, 0) is 13.6 Å². The molecule has 1 rings (SSSR count). The first-order chi connectivity index (χ1) is 12.8. The van der Waals surface area contributed by atoms with E-state index in [1.807, 2.05) is 6.26 Å². The van der Waals surface area contributed by atoms with Crippen molar-refractivity contribution in [2.24, 2.45) is 0 Å². The summed E-state index contributed by atoms with van der Waals surface area (Å²) in [4.78, 5) is 0. The van der Waals surface area contributed by atoms with E-state index in [0.29, 0.717) is 39.9 Å².